The van der Waals surface area contributed by atoms with Gasteiger partial charge in [-0.3, -0.25) is 0 Å². The summed E-state index contributed by atoms with van der Waals surface area (Å²) in [7, 11) is 1.23. The Morgan fingerprint density at radius 3 is 2.31 bits per heavy atom. The molecule has 1 aromatic rings. The van der Waals surface area contributed by atoms with Gasteiger partial charge in [-0.1, -0.05) is 12.1 Å². The van der Waals surface area contributed by atoms with Crippen LogP contribution in [-0.2, 0) is 16.0 Å². The molecule has 1 aromatic carbocycles. The van der Waals surface area contributed by atoms with Gasteiger partial charge in [-0.15, -0.1) is 0 Å². The molecule has 0 bridgehead atoms. The molecule has 0 spiro atoms. The Morgan fingerprint density at radius 1 is 1.38 bits per heavy atom. The molecular formula is C12H16O4. The van der Waals surface area contributed by atoms with Crippen LogP contribution in [0.1, 0.15) is 16.7 Å². The quantitative estimate of drug-likeness (QED) is 0.754. The largest absolute Gasteiger partial charge is 0.507 e. The number of hydrogen-bond donors (Lipinski definition) is 2. The minimum Gasteiger partial charge on any atom is -0.507 e. The first kappa shape index (κ1) is 12.5. The fourth-order valence-electron chi connectivity index (χ4n) is 1.61. The molecule has 0 amide bonds. The van der Waals surface area contributed by atoms with Crippen molar-refractivity contribution in [3.63, 3.8) is 0 Å². The van der Waals surface area contributed by atoms with Gasteiger partial charge in [-0.05, 0) is 30.5 Å². The minimum absolute atomic E-state index is 0.189. The molecule has 16 heavy (non-hydrogen) atoms. The number of hydrogen-bond acceptors (Lipinski definition) is 4. The van der Waals surface area contributed by atoms with Crippen LogP contribution < -0.4 is 0 Å². The molecule has 0 aromatic heterocycles. The molecule has 0 aliphatic carbocycles. The average Bonchev–Trinajstić information content (AvgIpc) is 2.24. The fourth-order valence-corrected chi connectivity index (χ4v) is 1.61. The first-order valence-electron chi connectivity index (χ1n) is 5.00. The number of carbonyl (C=O) groups excluding carboxylic acids is 1. The first-order chi connectivity index (χ1) is 7.45. The summed E-state index contributed by atoms with van der Waals surface area (Å²) in [6, 6.07) is 3.49. The predicted molar refractivity (Wildman–Crippen MR) is 59.3 cm³/mol. The fraction of sp³-hybridized carbons (Fsp3) is 0.417. The molecule has 0 aliphatic rings. The third-order valence-electron chi connectivity index (χ3n) is 2.45. The van der Waals surface area contributed by atoms with Gasteiger partial charge in [0.25, 0.3) is 0 Å². The van der Waals surface area contributed by atoms with Crippen molar-refractivity contribution in [3.05, 3.63) is 28.8 Å². The summed E-state index contributed by atoms with van der Waals surface area (Å²) >= 11 is 0. The van der Waals surface area contributed by atoms with E-state index in [0.29, 0.717) is 0 Å². The second-order valence-electron chi connectivity index (χ2n) is 3.82. The van der Waals surface area contributed by atoms with E-state index in [-0.39, 0.29) is 12.2 Å². The highest BCUT2D eigenvalue weighted by atomic mass is 16.5. The van der Waals surface area contributed by atoms with E-state index in [1.54, 1.807) is 26.0 Å². The Balaban J connectivity index is 2.86. The van der Waals surface area contributed by atoms with E-state index in [1.165, 1.54) is 7.11 Å². The molecular weight excluding hydrogens is 208 g/mol. The third-order valence-corrected chi connectivity index (χ3v) is 2.45. The Morgan fingerprint density at radius 2 is 1.88 bits per heavy atom. The van der Waals surface area contributed by atoms with Gasteiger partial charge in [0.2, 0.25) is 0 Å². The zero-order valence-electron chi connectivity index (χ0n) is 9.65. The number of rotatable bonds is 3. The molecule has 88 valence electrons. The summed E-state index contributed by atoms with van der Waals surface area (Å²) < 4.78 is 4.43. The zero-order valence-corrected chi connectivity index (χ0v) is 9.65. The summed E-state index contributed by atoms with van der Waals surface area (Å²) in [5.41, 5.74) is 2.25. The third kappa shape index (κ3) is 2.73. The van der Waals surface area contributed by atoms with Gasteiger partial charge in [0.05, 0.1) is 7.11 Å². The Bertz CT molecular complexity index is 375. The lowest BCUT2D eigenvalue weighted by Gasteiger charge is -2.11. The van der Waals surface area contributed by atoms with Crippen molar-refractivity contribution in [3.8, 4) is 5.75 Å². The van der Waals surface area contributed by atoms with E-state index in [9.17, 15) is 15.0 Å². The summed E-state index contributed by atoms with van der Waals surface area (Å²) in [6.07, 6.45) is -0.970. The number of benzene rings is 1. The van der Waals surface area contributed by atoms with Crippen LogP contribution >= 0.6 is 0 Å². The monoisotopic (exact) mass is 224 g/mol. The molecule has 0 radical (unpaired) electrons. The van der Waals surface area contributed by atoms with Crippen molar-refractivity contribution < 1.29 is 19.7 Å². The van der Waals surface area contributed by atoms with Gasteiger partial charge in [0.15, 0.2) is 6.10 Å². The molecule has 2 N–H and O–H groups in total. The van der Waals surface area contributed by atoms with Crippen molar-refractivity contribution in [2.75, 3.05) is 7.11 Å². The predicted octanol–water partition coefficient (Wildman–Crippen LogP) is 1.09. The molecule has 0 saturated carbocycles. The summed E-state index contributed by atoms with van der Waals surface area (Å²) in [5.74, 6) is -0.403. The van der Waals surface area contributed by atoms with Gasteiger partial charge in [0, 0.05) is 6.42 Å². The number of aromatic hydroxyl groups is 1. The van der Waals surface area contributed by atoms with Crippen molar-refractivity contribution in [1.29, 1.82) is 0 Å². The first-order valence-corrected chi connectivity index (χ1v) is 5.00. The number of phenols is 1. The number of aliphatic hydroxyl groups is 1. The molecule has 1 rings (SSSR count). The lowest BCUT2D eigenvalue weighted by Crippen LogP contribution is -2.24. The molecule has 4 heteroatoms. The van der Waals surface area contributed by atoms with E-state index >= 15 is 0 Å². The molecule has 1 atom stereocenters. The number of aliphatic hydroxyl groups excluding tert-OH is 1. The number of phenolic OH excluding ortho intramolecular Hbond substituents is 1. The number of methoxy groups -OCH3 is 1. The summed E-state index contributed by atoms with van der Waals surface area (Å²) in [5, 5.41) is 19.1. The molecule has 0 saturated heterocycles. The lowest BCUT2D eigenvalue weighted by atomic mass is 10.0. The molecule has 0 aliphatic heterocycles. The van der Waals surface area contributed by atoms with E-state index < -0.39 is 12.1 Å². The molecule has 4 nitrogen and oxygen atoms in total. The second-order valence-corrected chi connectivity index (χ2v) is 3.82. The zero-order chi connectivity index (χ0) is 12.3. The van der Waals surface area contributed by atoms with Crippen LogP contribution in [0.4, 0.5) is 0 Å². The number of ether oxygens (including phenoxy) is 1. The SMILES string of the molecule is COC(=O)C(O)Cc1cc(C)c(O)c(C)c1. The van der Waals surface area contributed by atoms with Gasteiger partial charge in [-0.2, -0.15) is 0 Å². The normalized spacial score (nSPS) is 12.2. The second kappa shape index (κ2) is 4.99. The Hall–Kier alpha value is -1.55. The highest BCUT2D eigenvalue weighted by Crippen LogP contribution is 2.23. The van der Waals surface area contributed by atoms with Crippen molar-refractivity contribution in [1.82, 2.24) is 0 Å². The van der Waals surface area contributed by atoms with E-state index in [0.717, 1.165) is 16.7 Å². The van der Waals surface area contributed by atoms with Crippen LogP contribution in [0.2, 0.25) is 0 Å². The minimum atomic E-state index is -1.16. The van der Waals surface area contributed by atoms with Crippen LogP contribution in [0.25, 0.3) is 0 Å². The van der Waals surface area contributed by atoms with Gasteiger partial charge < -0.3 is 14.9 Å². The van der Waals surface area contributed by atoms with Gasteiger partial charge in [0.1, 0.15) is 5.75 Å². The Kier molecular flexibility index (Phi) is 3.90. The van der Waals surface area contributed by atoms with Crippen molar-refractivity contribution >= 4 is 5.97 Å². The number of esters is 1. The topological polar surface area (TPSA) is 66.8 Å². The lowest BCUT2D eigenvalue weighted by molar-refractivity contribution is -0.150. The maximum Gasteiger partial charge on any atom is 0.335 e. The summed E-state index contributed by atoms with van der Waals surface area (Å²) in [4.78, 5) is 11.0. The number of carbonyl (C=O) groups is 1. The maximum atomic E-state index is 11.0. The maximum absolute atomic E-state index is 11.0. The molecule has 0 fully saturated rings. The van der Waals surface area contributed by atoms with E-state index in [1.807, 2.05) is 0 Å². The standard InChI is InChI=1S/C12H16O4/c1-7-4-9(5-8(2)11(7)14)6-10(13)12(15)16-3/h4-5,10,13-14H,6H2,1-3H3. The Labute approximate surface area is 94.5 Å². The van der Waals surface area contributed by atoms with Crippen LogP contribution in [0, 0.1) is 13.8 Å². The van der Waals surface area contributed by atoms with Crippen molar-refractivity contribution in [2.24, 2.45) is 0 Å². The molecule has 0 heterocycles. The van der Waals surface area contributed by atoms with E-state index in [2.05, 4.69) is 4.74 Å². The smallest absolute Gasteiger partial charge is 0.335 e. The number of aryl methyl sites for hydroxylation is 2. The average molecular weight is 224 g/mol. The van der Waals surface area contributed by atoms with Crippen molar-refractivity contribution in [2.45, 2.75) is 26.4 Å². The van der Waals surface area contributed by atoms with E-state index in [4.69, 9.17) is 0 Å². The van der Waals surface area contributed by atoms with Gasteiger partial charge >= 0.3 is 5.97 Å². The summed E-state index contributed by atoms with van der Waals surface area (Å²) in [6.45, 7) is 3.55. The highest BCUT2D eigenvalue weighted by Gasteiger charge is 2.16. The van der Waals surface area contributed by atoms with Crippen LogP contribution in [0.3, 0.4) is 0 Å². The van der Waals surface area contributed by atoms with Gasteiger partial charge in [-0.25, -0.2) is 4.79 Å². The van der Waals surface area contributed by atoms with Crippen LogP contribution in [0.15, 0.2) is 12.1 Å². The van der Waals surface area contributed by atoms with Crippen LogP contribution in [-0.4, -0.2) is 29.4 Å². The van der Waals surface area contributed by atoms with Crippen LogP contribution in [0.5, 0.6) is 5.75 Å². The molecule has 1 unspecified atom stereocenters. The highest BCUT2D eigenvalue weighted by molar-refractivity contribution is 5.74.